The Hall–Kier alpha value is -2.37. The van der Waals surface area contributed by atoms with Crippen molar-refractivity contribution in [1.29, 1.82) is 0 Å². The van der Waals surface area contributed by atoms with Crippen LogP contribution in [0.25, 0.3) is 10.8 Å². The van der Waals surface area contributed by atoms with E-state index in [2.05, 4.69) is 15.4 Å². The molecule has 0 spiro atoms. The molecule has 0 aliphatic carbocycles. The lowest BCUT2D eigenvalue weighted by Crippen LogP contribution is -2.29. The number of nitrogens with one attached hydrogen (secondary N) is 1. The molecule has 0 aliphatic heterocycles. The highest BCUT2D eigenvalue weighted by molar-refractivity contribution is 5.85. The van der Waals surface area contributed by atoms with Gasteiger partial charge in [-0.1, -0.05) is 18.2 Å². The van der Waals surface area contributed by atoms with E-state index in [1.807, 2.05) is 24.3 Å². The van der Waals surface area contributed by atoms with Crippen LogP contribution in [0.4, 0.5) is 4.39 Å². The lowest BCUT2D eigenvalue weighted by Gasteiger charge is -2.17. The number of hydrazine groups is 1. The fourth-order valence-electron chi connectivity index (χ4n) is 2.28. The van der Waals surface area contributed by atoms with Gasteiger partial charge in [0.05, 0.1) is 17.9 Å². The molecule has 5 heteroatoms. The van der Waals surface area contributed by atoms with Crippen LogP contribution in [0.15, 0.2) is 55.0 Å². The summed E-state index contributed by atoms with van der Waals surface area (Å²) in [5, 5.41) is 2.06. The molecular weight excluding hydrogens is 255 g/mol. The summed E-state index contributed by atoms with van der Waals surface area (Å²) in [7, 11) is 0. The van der Waals surface area contributed by atoms with Crippen molar-refractivity contribution >= 4 is 10.8 Å². The van der Waals surface area contributed by atoms with E-state index in [1.165, 1.54) is 12.3 Å². The minimum atomic E-state index is -0.371. The van der Waals surface area contributed by atoms with Crippen LogP contribution < -0.4 is 11.3 Å². The second-order valence-electron chi connectivity index (χ2n) is 4.45. The first-order valence-corrected chi connectivity index (χ1v) is 6.20. The number of fused-ring (bicyclic) bond motifs is 1. The fourth-order valence-corrected chi connectivity index (χ4v) is 2.28. The van der Waals surface area contributed by atoms with Gasteiger partial charge in [0.2, 0.25) is 0 Å². The van der Waals surface area contributed by atoms with Gasteiger partial charge in [-0.25, -0.2) is 9.82 Å². The summed E-state index contributed by atoms with van der Waals surface area (Å²) in [6.45, 7) is 0. The third-order valence-corrected chi connectivity index (χ3v) is 3.24. The Labute approximate surface area is 115 Å². The zero-order valence-electron chi connectivity index (χ0n) is 10.6. The zero-order valence-corrected chi connectivity index (χ0v) is 10.6. The van der Waals surface area contributed by atoms with Crippen LogP contribution in [0, 0.1) is 5.82 Å². The molecule has 0 bridgehead atoms. The Bertz CT molecular complexity index is 722. The minimum absolute atomic E-state index is 0.316. The number of nitrogens with two attached hydrogens (primary N) is 1. The van der Waals surface area contributed by atoms with Crippen molar-refractivity contribution in [2.24, 2.45) is 5.84 Å². The number of hydrogen-bond donors (Lipinski definition) is 2. The van der Waals surface area contributed by atoms with Crippen molar-refractivity contribution in [1.82, 2.24) is 15.4 Å². The highest BCUT2D eigenvalue weighted by Crippen LogP contribution is 2.26. The number of benzene rings is 1. The monoisotopic (exact) mass is 268 g/mol. The quantitative estimate of drug-likeness (QED) is 0.565. The second-order valence-corrected chi connectivity index (χ2v) is 4.45. The predicted octanol–water partition coefficient (Wildman–Crippen LogP) is 2.32. The van der Waals surface area contributed by atoms with E-state index >= 15 is 0 Å². The summed E-state index contributed by atoms with van der Waals surface area (Å²) >= 11 is 0. The summed E-state index contributed by atoms with van der Waals surface area (Å²) in [4.78, 5) is 8.24. The van der Waals surface area contributed by atoms with E-state index in [9.17, 15) is 4.39 Å². The Kier molecular flexibility index (Phi) is 3.37. The highest BCUT2D eigenvalue weighted by Gasteiger charge is 2.16. The molecule has 0 radical (unpaired) electrons. The largest absolute Gasteiger partial charge is 0.271 e. The lowest BCUT2D eigenvalue weighted by molar-refractivity contribution is 0.598. The van der Waals surface area contributed by atoms with E-state index in [0.29, 0.717) is 5.69 Å². The molecule has 3 N–H and O–H groups in total. The first kappa shape index (κ1) is 12.7. The van der Waals surface area contributed by atoms with Crippen LogP contribution in [0.3, 0.4) is 0 Å². The van der Waals surface area contributed by atoms with E-state index in [4.69, 9.17) is 5.84 Å². The molecule has 1 aromatic carbocycles. The zero-order chi connectivity index (χ0) is 13.9. The Morgan fingerprint density at radius 3 is 2.75 bits per heavy atom. The van der Waals surface area contributed by atoms with Gasteiger partial charge in [-0.3, -0.25) is 15.8 Å². The summed E-state index contributed by atoms with van der Waals surface area (Å²) in [5.74, 6) is 5.29. The third kappa shape index (κ3) is 2.24. The molecule has 3 rings (SSSR count). The van der Waals surface area contributed by atoms with Crippen LogP contribution >= 0.6 is 0 Å². The van der Waals surface area contributed by atoms with Crippen LogP contribution in [0.2, 0.25) is 0 Å². The molecule has 1 atom stereocenters. The highest BCUT2D eigenvalue weighted by atomic mass is 19.1. The molecule has 0 saturated heterocycles. The Morgan fingerprint density at radius 2 is 2.00 bits per heavy atom. The first-order chi connectivity index (χ1) is 9.79. The number of pyridine rings is 2. The molecule has 0 aliphatic rings. The average molecular weight is 268 g/mol. The van der Waals surface area contributed by atoms with E-state index in [0.717, 1.165) is 16.3 Å². The molecule has 2 aromatic heterocycles. The van der Waals surface area contributed by atoms with Crippen molar-refractivity contribution < 1.29 is 4.39 Å². The molecule has 1 unspecified atom stereocenters. The topological polar surface area (TPSA) is 63.8 Å². The summed E-state index contributed by atoms with van der Waals surface area (Å²) in [5.41, 5.74) is 4.35. The number of aromatic nitrogens is 2. The molecule has 3 aromatic rings. The maximum Gasteiger partial charge on any atom is 0.141 e. The molecule has 0 saturated carbocycles. The van der Waals surface area contributed by atoms with Gasteiger partial charge in [-0.15, -0.1) is 0 Å². The van der Waals surface area contributed by atoms with Gasteiger partial charge in [0.25, 0.3) is 0 Å². The number of hydrogen-bond acceptors (Lipinski definition) is 4. The van der Waals surface area contributed by atoms with Gasteiger partial charge in [-0.2, -0.15) is 0 Å². The van der Waals surface area contributed by atoms with Crippen molar-refractivity contribution in [3.63, 3.8) is 0 Å². The Balaban J connectivity index is 2.14. The van der Waals surface area contributed by atoms with Crippen LogP contribution in [0.5, 0.6) is 0 Å². The summed E-state index contributed by atoms with van der Waals surface area (Å²) in [6, 6.07) is 10.5. The number of rotatable bonds is 3. The fraction of sp³-hybridized carbons (Fsp3) is 0.0667. The maximum absolute atomic E-state index is 13.0. The third-order valence-electron chi connectivity index (χ3n) is 3.24. The SMILES string of the molecule is NNC(c1ccc(F)cn1)c1cccc2ccncc12. The molecule has 2 heterocycles. The normalized spacial score (nSPS) is 12.5. The van der Waals surface area contributed by atoms with Crippen molar-refractivity contribution in [3.8, 4) is 0 Å². The van der Waals surface area contributed by atoms with Gasteiger partial charge in [-0.05, 0) is 29.1 Å². The van der Waals surface area contributed by atoms with Gasteiger partial charge in [0.1, 0.15) is 5.82 Å². The van der Waals surface area contributed by atoms with Crippen LogP contribution in [-0.4, -0.2) is 9.97 Å². The van der Waals surface area contributed by atoms with Crippen molar-refractivity contribution in [2.45, 2.75) is 6.04 Å². The molecule has 0 fully saturated rings. The van der Waals surface area contributed by atoms with Gasteiger partial charge < -0.3 is 0 Å². The molecule has 100 valence electrons. The molecule has 0 amide bonds. The van der Waals surface area contributed by atoms with Gasteiger partial charge >= 0.3 is 0 Å². The van der Waals surface area contributed by atoms with Crippen molar-refractivity contribution in [3.05, 3.63) is 72.1 Å². The van der Waals surface area contributed by atoms with E-state index in [-0.39, 0.29) is 11.9 Å². The molecular formula is C15H13FN4. The van der Waals surface area contributed by atoms with Gasteiger partial charge in [0.15, 0.2) is 0 Å². The molecule has 20 heavy (non-hydrogen) atoms. The number of halogens is 1. The second kappa shape index (κ2) is 5.32. The lowest BCUT2D eigenvalue weighted by atomic mass is 9.98. The Morgan fingerprint density at radius 1 is 1.10 bits per heavy atom. The smallest absolute Gasteiger partial charge is 0.141 e. The summed E-state index contributed by atoms with van der Waals surface area (Å²) < 4.78 is 13.0. The summed E-state index contributed by atoms with van der Waals surface area (Å²) in [6.07, 6.45) is 4.72. The predicted molar refractivity (Wildman–Crippen MR) is 75.1 cm³/mol. The first-order valence-electron chi connectivity index (χ1n) is 6.20. The van der Waals surface area contributed by atoms with E-state index < -0.39 is 0 Å². The van der Waals surface area contributed by atoms with Crippen molar-refractivity contribution in [2.75, 3.05) is 0 Å². The number of nitrogens with zero attached hydrogens (tertiary/aromatic N) is 2. The van der Waals surface area contributed by atoms with E-state index in [1.54, 1.807) is 18.5 Å². The maximum atomic E-state index is 13.0. The minimum Gasteiger partial charge on any atom is -0.271 e. The van der Waals surface area contributed by atoms with Crippen LogP contribution in [-0.2, 0) is 0 Å². The van der Waals surface area contributed by atoms with Gasteiger partial charge in [0, 0.05) is 17.8 Å². The van der Waals surface area contributed by atoms with Crippen LogP contribution in [0.1, 0.15) is 17.3 Å². The molecule has 4 nitrogen and oxygen atoms in total. The standard InChI is InChI=1S/C15H13FN4/c16-11-4-5-14(19-8-11)15(20-17)12-3-1-2-10-6-7-18-9-13(10)12/h1-9,15,20H,17H2. The average Bonchev–Trinajstić information content (AvgIpc) is 2.50.